The summed E-state index contributed by atoms with van der Waals surface area (Å²) in [6.45, 7) is 3.59. The van der Waals surface area contributed by atoms with E-state index in [-0.39, 0.29) is 0 Å². The summed E-state index contributed by atoms with van der Waals surface area (Å²) in [6.07, 6.45) is 13.2. The largest absolute Gasteiger partial charge is 0.489 e. The minimum atomic E-state index is -0.558. The van der Waals surface area contributed by atoms with Crippen molar-refractivity contribution in [2.45, 2.75) is 32.2 Å². The van der Waals surface area contributed by atoms with Crippen LogP contribution >= 0.6 is 0 Å². The number of nitrogens with zero attached hydrogens (tertiary/aromatic N) is 3. The van der Waals surface area contributed by atoms with Gasteiger partial charge in [-0.2, -0.15) is 0 Å². The van der Waals surface area contributed by atoms with Gasteiger partial charge in [0.2, 0.25) is 0 Å². The molecule has 0 unspecified atom stereocenters. The molecule has 0 saturated heterocycles. The van der Waals surface area contributed by atoms with Crippen molar-refractivity contribution >= 4 is 87.6 Å². The maximum Gasteiger partial charge on any atom is 0.119 e. The van der Waals surface area contributed by atoms with Gasteiger partial charge in [-0.15, -0.1) is 0 Å². The maximum atomic E-state index is 6.52. The van der Waals surface area contributed by atoms with E-state index in [0.717, 1.165) is 102 Å². The zero-order chi connectivity index (χ0) is 59.5. The Morgan fingerprint density at radius 1 is 0.236 bits per heavy atom. The Morgan fingerprint density at radius 2 is 0.438 bits per heavy atom. The fourth-order valence-electron chi connectivity index (χ4n) is 12.6. The van der Waals surface area contributed by atoms with Crippen molar-refractivity contribution in [3.63, 3.8) is 0 Å². The number of anilines is 9. The first kappa shape index (κ1) is 54.3. The van der Waals surface area contributed by atoms with Crippen LogP contribution in [0.4, 0.5) is 51.2 Å². The van der Waals surface area contributed by atoms with Gasteiger partial charge in [0.05, 0.1) is 34.1 Å². The number of benzene rings is 12. The van der Waals surface area contributed by atoms with Crippen LogP contribution < -0.4 is 28.9 Å². The van der Waals surface area contributed by atoms with Crippen LogP contribution in [0, 0.1) is 0 Å². The molecular weight excluding hydrogens is 1090 g/mol. The fraction of sp³-hybridized carbons (Fsp3) is 0.0602. The Kier molecular flexibility index (Phi) is 14.6. The molecule has 0 aromatic heterocycles. The molecule has 12 aromatic carbocycles. The van der Waals surface area contributed by atoms with Gasteiger partial charge >= 0.3 is 0 Å². The lowest BCUT2D eigenvalue weighted by Gasteiger charge is -2.32. The lowest BCUT2D eigenvalue weighted by molar-refractivity contribution is 0.306. The van der Waals surface area contributed by atoms with E-state index in [1.165, 1.54) is 33.4 Å². The lowest BCUT2D eigenvalue weighted by atomic mass is 9.71. The minimum absolute atomic E-state index is 0.432. The predicted octanol–water partition coefficient (Wildman–Crippen LogP) is 21.6. The first-order valence-electron chi connectivity index (χ1n) is 30.4. The summed E-state index contributed by atoms with van der Waals surface area (Å²) in [4.78, 5) is 7.02. The highest BCUT2D eigenvalue weighted by Gasteiger charge is 2.32. The van der Waals surface area contributed by atoms with Crippen molar-refractivity contribution in [1.82, 2.24) is 0 Å². The van der Waals surface area contributed by atoms with Crippen molar-refractivity contribution in [3.05, 3.63) is 358 Å². The molecule has 3 heterocycles. The molecule has 0 atom stereocenters. The molecule has 0 saturated carbocycles. The second-order valence-electron chi connectivity index (χ2n) is 22.9. The van der Waals surface area contributed by atoms with E-state index in [2.05, 4.69) is 349 Å². The van der Waals surface area contributed by atoms with E-state index in [1.807, 2.05) is 0 Å². The second kappa shape index (κ2) is 23.8. The van der Waals surface area contributed by atoms with E-state index in [0.29, 0.717) is 19.8 Å². The third kappa shape index (κ3) is 10.8. The normalized spacial score (nSPS) is 12.7. The van der Waals surface area contributed by atoms with Crippen molar-refractivity contribution in [3.8, 4) is 17.2 Å². The summed E-state index contributed by atoms with van der Waals surface area (Å²) in [5, 5.41) is 0. The lowest BCUT2D eigenvalue weighted by Crippen LogP contribution is -2.25. The van der Waals surface area contributed by atoms with Gasteiger partial charge in [-0.25, -0.2) is 0 Å². The zero-order valence-electron chi connectivity index (χ0n) is 49.4. The van der Waals surface area contributed by atoms with Crippen LogP contribution in [-0.2, 0) is 25.2 Å². The van der Waals surface area contributed by atoms with E-state index in [4.69, 9.17) is 14.2 Å². The maximum absolute atomic E-state index is 6.52. The Hall–Kier alpha value is -11.3. The van der Waals surface area contributed by atoms with Crippen LogP contribution in [0.15, 0.2) is 291 Å². The molecule has 6 heteroatoms. The predicted molar refractivity (Wildman–Crippen MR) is 368 cm³/mol. The smallest absolute Gasteiger partial charge is 0.119 e. The van der Waals surface area contributed by atoms with Crippen LogP contribution in [0.3, 0.4) is 0 Å². The summed E-state index contributed by atoms with van der Waals surface area (Å²) in [5.41, 5.74) is 23.3. The average Bonchev–Trinajstić information content (AvgIpc) is 2.52. The molecule has 0 spiro atoms. The molecule has 3 aliphatic rings. The molecular formula is C83H63N3O3. The number of para-hydroxylation sites is 6. The highest BCUT2D eigenvalue weighted by atomic mass is 16.5. The third-order valence-corrected chi connectivity index (χ3v) is 17.5. The number of hydrogen-bond donors (Lipinski definition) is 0. The molecule has 3 aliphatic heterocycles. The number of fused-ring (bicyclic) bond motifs is 6. The van der Waals surface area contributed by atoms with Crippen molar-refractivity contribution < 1.29 is 14.2 Å². The first-order valence-corrected chi connectivity index (χ1v) is 30.4. The summed E-state index contributed by atoms with van der Waals surface area (Å²) in [5.74, 6) is 2.39. The average molecular weight is 1150 g/mol. The van der Waals surface area contributed by atoms with Crippen LogP contribution in [-0.4, -0.2) is 0 Å². The highest BCUT2D eigenvalue weighted by molar-refractivity contribution is 5.96. The zero-order valence-corrected chi connectivity index (χ0v) is 49.4. The number of rotatable bonds is 15. The Labute approximate surface area is 521 Å². The highest BCUT2D eigenvalue weighted by Crippen LogP contribution is 2.46. The van der Waals surface area contributed by atoms with Crippen LogP contribution in [0.25, 0.3) is 36.5 Å². The molecule has 0 fully saturated rings. The minimum Gasteiger partial charge on any atom is -0.489 e. The molecule has 0 bridgehead atoms. The summed E-state index contributed by atoms with van der Waals surface area (Å²) < 4.78 is 19.6. The van der Waals surface area contributed by atoms with Gasteiger partial charge in [-0.05, 0) is 183 Å². The first-order chi connectivity index (χ1) is 44.0. The van der Waals surface area contributed by atoms with Gasteiger partial charge < -0.3 is 28.9 Å². The molecule has 428 valence electrons. The van der Waals surface area contributed by atoms with E-state index < -0.39 is 5.41 Å². The van der Waals surface area contributed by atoms with Crippen LogP contribution in [0.2, 0.25) is 0 Å². The number of ether oxygens (including phenoxy) is 3. The van der Waals surface area contributed by atoms with Gasteiger partial charge in [0.15, 0.2) is 0 Å². The SMILES string of the molecule is CC(c1ccc(OCc2ccc(N3c4ccccc4C=Cc4ccccc43)cc2)cc1)(c1ccc(OCc2ccc(N3c4ccccc4C=Cc4ccccc43)cc2)cc1)c1ccc(OCc2ccc(N3c4ccccc4C=Cc4ccccc43)cc2)cc1. The molecule has 12 aromatic rings. The monoisotopic (exact) mass is 1150 g/mol. The molecule has 6 nitrogen and oxygen atoms in total. The van der Waals surface area contributed by atoms with Crippen molar-refractivity contribution in [1.29, 1.82) is 0 Å². The Bertz CT molecular complexity index is 3990. The topological polar surface area (TPSA) is 37.4 Å². The van der Waals surface area contributed by atoms with Crippen LogP contribution in [0.5, 0.6) is 17.2 Å². The van der Waals surface area contributed by atoms with Crippen LogP contribution in [0.1, 0.15) is 73.7 Å². The molecule has 0 N–H and O–H groups in total. The summed E-state index contributed by atoms with van der Waals surface area (Å²) in [7, 11) is 0. The van der Waals surface area contributed by atoms with Gasteiger partial charge in [-0.1, -0.05) is 218 Å². The van der Waals surface area contributed by atoms with Gasteiger partial charge in [-0.3, -0.25) is 0 Å². The van der Waals surface area contributed by atoms with Crippen molar-refractivity contribution in [2.24, 2.45) is 0 Å². The van der Waals surface area contributed by atoms with Gasteiger partial charge in [0.1, 0.15) is 37.1 Å². The molecule has 0 amide bonds. The Morgan fingerprint density at radius 3 is 0.652 bits per heavy atom. The molecule has 0 aliphatic carbocycles. The second-order valence-corrected chi connectivity index (χ2v) is 22.9. The van der Waals surface area contributed by atoms with E-state index in [1.54, 1.807) is 0 Å². The Balaban J connectivity index is 0.663. The van der Waals surface area contributed by atoms with Gasteiger partial charge in [0, 0.05) is 22.5 Å². The molecule has 15 rings (SSSR count). The quantitative estimate of drug-likeness (QED) is 0.0953. The summed E-state index contributed by atoms with van der Waals surface area (Å²) in [6, 6.07) is 103. The third-order valence-electron chi connectivity index (χ3n) is 17.5. The standard InChI is InChI=1S/C83H63N3O3/c1-83(68-38-50-74(51-39-68)87-56-59-26-44-71(45-27-59)84-77-20-8-2-14-62(77)32-33-63-15-3-9-21-78(63)84,69-40-52-75(53-41-69)88-57-60-28-46-72(47-29-60)85-79-22-10-4-16-64(79)34-35-65-17-5-11-23-80(65)85)70-42-54-76(55-43-70)89-58-61-30-48-73(49-31-61)86-81-24-12-6-18-66(81)36-37-67-19-7-13-25-82(67)86/h2-55H,56-58H2,1H3. The van der Waals surface area contributed by atoms with E-state index >= 15 is 0 Å². The summed E-state index contributed by atoms with van der Waals surface area (Å²) >= 11 is 0. The molecule has 89 heavy (non-hydrogen) atoms. The fourth-order valence-corrected chi connectivity index (χ4v) is 12.6. The number of hydrogen-bond acceptors (Lipinski definition) is 6. The van der Waals surface area contributed by atoms with Crippen molar-refractivity contribution in [2.75, 3.05) is 14.7 Å². The van der Waals surface area contributed by atoms with Gasteiger partial charge in [0.25, 0.3) is 0 Å². The van der Waals surface area contributed by atoms with E-state index in [9.17, 15) is 0 Å². The molecule has 0 radical (unpaired) electrons.